The molecular weight excluding hydrogens is 793 g/mol. The first kappa shape index (κ1) is 42.6. The molecule has 0 spiro atoms. The Balaban J connectivity index is 1.23. The predicted molar refractivity (Wildman–Crippen MR) is 281 cm³/mol. The number of benzene rings is 8. The van der Waals surface area contributed by atoms with Crippen LogP contribution in [0.25, 0.3) is 32.7 Å². The van der Waals surface area contributed by atoms with Gasteiger partial charge in [-0.1, -0.05) is 178 Å². The first-order valence-electron chi connectivity index (χ1n) is 22.9. The molecule has 1 aliphatic carbocycles. The van der Waals surface area contributed by atoms with E-state index < -0.39 is 16.1 Å². The summed E-state index contributed by atoms with van der Waals surface area (Å²) in [5, 5.41) is 5.39. The van der Waals surface area contributed by atoms with E-state index in [2.05, 4.69) is 260 Å². The Bertz CT molecular complexity index is 2750. The molecule has 8 aromatic carbocycles. The molecule has 4 heteroatoms. The fourth-order valence-corrected chi connectivity index (χ4v) is 24.3. The molecule has 0 saturated heterocycles. The number of nitrogens with zero attached hydrogens (tertiary/aromatic N) is 2. The summed E-state index contributed by atoms with van der Waals surface area (Å²) in [6.07, 6.45) is 0. The summed E-state index contributed by atoms with van der Waals surface area (Å²) in [5.41, 5.74) is 15.8. The van der Waals surface area contributed by atoms with Crippen molar-refractivity contribution < 1.29 is 0 Å². The highest BCUT2D eigenvalue weighted by Crippen LogP contribution is 2.61. The van der Waals surface area contributed by atoms with Crippen molar-refractivity contribution in [1.82, 2.24) is 0 Å². The van der Waals surface area contributed by atoms with Gasteiger partial charge in [0.05, 0.1) is 16.1 Å². The summed E-state index contributed by atoms with van der Waals surface area (Å²) in [6.45, 7) is 29.5. The van der Waals surface area contributed by atoms with E-state index in [0.29, 0.717) is 0 Å². The zero-order valence-corrected chi connectivity index (χ0v) is 41.6. The summed E-state index contributed by atoms with van der Waals surface area (Å²) in [6, 6.07) is 64.3. The van der Waals surface area contributed by atoms with Crippen molar-refractivity contribution in [2.45, 2.75) is 96.3 Å². The highest BCUT2D eigenvalue weighted by Gasteiger charge is 2.60. The second kappa shape index (κ2) is 15.2. The molecule has 0 amide bonds. The third-order valence-electron chi connectivity index (χ3n) is 13.8. The molecule has 0 aliphatic heterocycles. The van der Waals surface area contributed by atoms with Gasteiger partial charge in [-0.25, -0.2) is 0 Å². The molecule has 0 heterocycles. The maximum atomic E-state index is 2.64. The normalized spacial score (nSPS) is 13.8. The fourth-order valence-electron chi connectivity index (χ4n) is 11.2. The van der Waals surface area contributed by atoms with E-state index in [4.69, 9.17) is 0 Å². The van der Waals surface area contributed by atoms with Crippen LogP contribution in [0, 0.1) is 0 Å². The second-order valence-electron chi connectivity index (χ2n) is 22.0. The SMILES string of the molecule is CC(C)(C)c1ccc(N(c2ccccc2)c2ccc3c4c(ccc3c2)-c2ccc3cc(N(c5ccccc5)c5ccc(C(C)(C)C)cc5)ccc3c2C4([Si](C)(C)C)[Si](C)(C)C)cc1. The van der Waals surface area contributed by atoms with Crippen LogP contribution >= 0.6 is 0 Å². The lowest BCUT2D eigenvalue weighted by molar-refractivity contribution is 0.590. The number of rotatable bonds is 8. The molecule has 1 aliphatic rings. The topological polar surface area (TPSA) is 6.48 Å². The minimum atomic E-state index is -2.03. The summed E-state index contributed by atoms with van der Waals surface area (Å²) >= 11 is 0. The van der Waals surface area contributed by atoms with Gasteiger partial charge in [-0.2, -0.15) is 0 Å². The zero-order valence-electron chi connectivity index (χ0n) is 39.6. The van der Waals surface area contributed by atoms with Crippen LogP contribution in [0.4, 0.5) is 34.1 Å². The first-order chi connectivity index (χ1) is 29.8. The Morgan fingerprint density at radius 2 is 0.667 bits per heavy atom. The van der Waals surface area contributed by atoms with Gasteiger partial charge in [-0.3, -0.25) is 0 Å². The molecule has 9 rings (SSSR count). The van der Waals surface area contributed by atoms with E-state index in [9.17, 15) is 0 Å². The number of fused-ring (bicyclic) bond motifs is 7. The van der Waals surface area contributed by atoms with Gasteiger partial charge in [0.15, 0.2) is 0 Å². The molecule has 0 unspecified atom stereocenters. The fraction of sp³-hybridized carbons (Fsp3) is 0.254. The smallest absolute Gasteiger partial charge is 0.0579 e. The van der Waals surface area contributed by atoms with Crippen molar-refractivity contribution >= 4 is 71.8 Å². The lowest BCUT2D eigenvalue weighted by Crippen LogP contribution is -2.63. The van der Waals surface area contributed by atoms with Crippen LogP contribution in [0.3, 0.4) is 0 Å². The lowest BCUT2D eigenvalue weighted by Gasteiger charge is -2.52. The van der Waals surface area contributed by atoms with Crippen molar-refractivity contribution in [1.29, 1.82) is 0 Å². The van der Waals surface area contributed by atoms with Crippen molar-refractivity contribution in [2.24, 2.45) is 0 Å². The summed E-state index contributed by atoms with van der Waals surface area (Å²) in [4.78, 5) is 4.84. The van der Waals surface area contributed by atoms with Gasteiger partial charge in [0.1, 0.15) is 0 Å². The van der Waals surface area contributed by atoms with Gasteiger partial charge in [0.2, 0.25) is 0 Å². The second-order valence-corrected chi connectivity index (χ2v) is 33.0. The molecule has 318 valence electrons. The van der Waals surface area contributed by atoms with Crippen molar-refractivity contribution in [2.75, 3.05) is 9.80 Å². The molecule has 0 aromatic heterocycles. The van der Waals surface area contributed by atoms with Gasteiger partial charge in [0, 0.05) is 38.8 Å². The number of hydrogen-bond donors (Lipinski definition) is 0. The average molecular weight is 857 g/mol. The molecular formula is C59H64N2Si2. The van der Waals surface area contributed by atoms with Crippen LogP contribution in [0.15, 0.2) is 170 Å². The van der Waals surface area contributed by atoms with E-state index in [1.165, 1.54) is 66.5 Å². The van der Waals surface area contributed by atoms with Gasteiger partial charge < -0.3 is 9.80 Å². The molecule has 8 aromatic rings. The Morgan fingerprint density at radius 1 is 0.349 bits per heavy atom. The minimum Gasteiger partial charge on any atom is -0.310 e. The predicted octanol–water partition coefficient (Wildman–Crippen LogP) is 17.5. The number of anilines is 6. The van der Waals surface area contributed by atoms with Crippen LogP contribution in [0.2, 0.25) is 39.3 Å². The maximum absolute atomic E-state index is 2.64. The molecule has 0 fully saturated rings. The van der Waals surface area contributed by atoms with E-state index in [1.54, 1.807) is 11.1 Å². The maximum Gasteiger partial charge on any atom is 0.0579 e. The first-order valence-corrected chi connectivity index (χ1v) is 29.9. The molecule has 0 atom stereocenters. The van der Waals surface area contributed by atoms with Gasteiger partial charge in [-0.05, 0) is 139 Å². The third kappa shape index (κ3) is 7.16. The molecule has 0 radical (unpaired) electrons. The van der Waals surface area contributed by atoms with Gasteiger partial charge >= 0.3 is 0 Å². The van der Waals surface area contributed by atoms with E-state index >= 15 is 0 Å². The van der Waals surface area contributed by atoms with E-state index in [0.717, 1.165) is 11.4 Å². The lowest BCUT2D eigenvalue weighted by atomic mass is 9.87. The van der Waals surface area contributed by atoms with Crippen molar-refractivity contribution in [3.8, 4) is 11.1 Å². The molecule has 2 nitrogen and oxygen atoms in total. The number of hydrogen-bond acceptors (Lipinski definition) is 2. The van der Waals surface area contributed by atoms with Crippen molar-refractivity contribution in [3.05, 3.63) is 192 Å². The van der Waals surface area contributed by atoms with Crippen LogP contribution in [0.5, 0.6) is 0 Å². The molecule has 0 N–H and O–H groups in total. The third-order valence-corrected chi connectivity index (χ3v) is 23.8. The Kier molecular flexibility index (Phi) is 10.3. The largest absolute Gasteiger partial charge is 0.310 e. The Labute approximate surface area is 379 Å². The average Bonchev–Trinajstić information content (AvgIpc) is 3.58. The zero-order chi connectivity index (χ0) is 44.7. The van der Waals surface area contributed by atoms with Crippen LogP contribution < -0.4 is 9.80 Å². The van der Waals surface area contributed by atoms with Gasteiger partial charge in [-0.15, -0.1) is 0 Å². The highest BCUT2D eigenvalue weighted by molar-refractivity contribution is 7.00. The van der Waals surface area contributed by atoms with Crippen LogP contribution in [-0.4, -0.2) is 16.1 Å². The molecule has 0 saturated carbocycles. The summed E-state index contributed by atoms with van der Waals surface area (Å²) < 4.78 is -0.0451. The van der Waals surface area contributed by atoms with Crippen molar-refractivity contribution in [3.63, 3.8) is 0 Å². The molecule has 63 heavy (non-hydrogen) atoms. The minimum absolute atomic E-state index is 0.0451. The standard InChI is InChI=1S/C59H64N2Si2/c1-57(2,3)43-25-29-47(30-26-43)60(45-19-15-13-16-20-45)49-33-37-51-41(39-49)23-35-53-54-36-24-42-40-50(34-38-52(42)56(54)59(55(51)53,62(7,8)9)63(10,11)12)61(46-21-17-14-18-22-46)48-31-27-44(28-32-48)58(4,5)6/h13-40H,1-12H3. The monoisotopic (exact) mass is 856 g/mol. The molecule has 0 bridgehead atoms. The summed E-state index contributed by atoms with van der Waals surface area (Å²) in [7, 11) is -4.06. The van der Waals surface area contributed by atoms with E-state index in [1.807, 2.05) is 0 Å². The Morgan fingerprint density at radius 3 is 0.984 bits per heavy atom. The quantitative estimate of drug-likeness (QED) is 0.141. The van der Waals surface area contributed by atoms with Gasteiger partial charge in [0.25, 0.3) is 0 Å². The van der Waals surface area contributed by atoms with Crippen LogP contribution in [-0.2, 0) is 15.5 Å². The Hall–Kier alpha value is -5.69. The number of para-hydroxylation sites is 2. The van der Waals surface area contributed by atoms with E-state index in [-0.39, 0.29) is 15.5 Å². The highest BCUT2D eigenvalue weighted by atomic mass is 28.4. The summed E-state index contributed by atoms with van der Waals surface area (Å²) in [5.74, 6) is 0. The van der Waals surface area contributed by atoms with Crippen LogP contribution in [0.1, 0.15) is 63.8 Å².